The van der Waals surface area contributed by atoms with Crippen molar-refractivity contribution in [1.29, 1.82) is 0 Å². The van der Waals surface area contributed by atoms with Crippen LogP contribution in [0.3, 0.4) is 0 Å². The minimum atomic E-state index is -0.783. The van der Waals surface area contributed by atoms with Gasteiger partial charge >= 0.3 is 0 Å². The maximum Gasteiger partial charge on any atom is 0.255 e. The number of nitrogens with two attached hydrogens (primary N) is 1. The van der Waals surface area contributed by atoms with Crippen molar-refractivity contribution in [2.24, 2.45) is 5.84 Å². The standard InChI is InChI=1S/C17H20N2O5.H3N2.Y/c20-14-9-8-12(17(23)19-14)18-16(22)11-6-3-7-13(15(11)21)24-10-4-1-2-5-10;1-2;/h3,6-7,10,12,21H,1-2,4-5,8-9H2,(H,18,22)(H,19,20,23);1H,2H2;/q;-1;. The Bertz CT molecular complexity index is 679. The van der Waals surface area contributed by atoms with E-state index in [9.17, 15) is 19.5 Å². The monoisotopic (exact) mass is 452 g/mol. The SMILES string of the molecule is O=C1CCC(NC(=O)c2cccc(OC3CCCC3)c2O)C(=O)N1.[NH-]N.[Y]. The molecule has 1 heterocycles. The van der Waals surface area contributed by atoms with E-state index in [1.165, 1.54) is 6.07 Å². The number of phenols is 1. The Balaban J connectivity index is 0.00000118. The van der Waals surface area contributed by atoms with Gasteiger partial charge in [0.1, 0.15) is 6.04 Å². The van der Waals surface area contributed by atoms with Gasteiger partial charge in [0.25, 0.3) is 5.91 Å². The van der Waals surface area contributed by atoms with Crippen LogP contribution in [-0.2, 0) is 42.3 Å². The minimum Gasteiger partial charge on any atom is -0.615 e. The fourth-order valence-corrected chi connectivity index (χ4v) is 3.05. The number of ether oxygens (including phenoxy) is 1. The first kappa shape index (κ1) is 23.5. The maximum absolute atomic E-state index is 12.4. The smallest absolute Gasteiger partial charge is 0.255 e. The number of benzene rings is 1. The third kappa shape index (κ3) is 6.24. The topological polar surface area (TPSA) is 155 Å². The number of aromatic hydroxyl groups is 1. The fraction of sp³-hybridized carbons (Fsp3) is 0.471. The molecule has 1 aromatic rings. The zero-order chi connectivity index (χ0) is 19.1. The van der Waals surface area contributed by atoms with Gasteiger partial charge in [-0.2, -0.15) is 0 Å². The number of carbonyl (C=O) groups is 3. The van der Waals surface area contributed by atoms with Gasteiger partial charge in [0.05, 0.1) is 11.7 Å². The van der Waals surface area contributed by atoms with Crippen molar-refractivity contribution in [3.05, 3.63) is 29.6 Å². The van der Waals surface area contributed by atoms with Crippen LogP contribution < -0.4 is 21.2 Å². The van der Waals surface area contributed by atoms with Crippen LogP contribution in [0.5, 0.6) is 11.5 Å². The summed E-state index contributed by atoms with van der Waals surface area (Å²) in [6, 6.07) is 3.94. The number of hydrogen-bond donors (Lipinski definition) is 4. The molecule has 0 spiro atoms. The molecule has 1 saturated heterocycles. The number of carbonyl (C=O) groups excluding carboxylic acids is 3. The maximum atomic E-state index is 12.4. The molecular weight excluding hydrogens is 429 g/mol. The number of imide groups is 1. The molecule has 145 valence electrons. The molecule has 6 N–H and O–H groups in total. The third-order valence-electron chi connectivity index (χ3n) is 4.38. The van der Waals surface area contributed by atoms with Crippen molar-refractivity contribution >= 4 is 17.7 Å². The van der Waals surface area contributed by atoms with Crippen molar-refractivity contribution in [3.63, 3.8) is 0 Å². The van der Waals surface area contributed by atoms with Crippen molar-refractivity contribution in [2.45, 2.75) is 50.7 Å². The second-order valence-electron chi connectivity index (χ2n) is 6.15. The second kappa shape index (κ2) is 11.3. The van der Waals surface area contributed by atoms with Crippen LogP contribution in [0.2, 0.25) is 0 Å². The van der Waals surface area contributed by atoms with E-state index < -0.39 is 17.9 Å². The summed E-state index contributed by atoms with van der Waals surface area (Å²) in [6.45, 7) is 0. The molecule has 3 rings (SSSR count). The number of para-hydroxylation sites is 1. The van der Waals surface area contributed by atoms with Crippen LogP contribution in [0.1, 0.15) is 48.9 Å². The zero-order valence-corrected chi connectivity index (χ0v) is 17.7. The van der Waals surface area contributed by atoms with E-state index in [2.05, 4.69) is 16.5 Å². The van der Waals surface area contributed by atoms with Gasteiger partial charge in [-0.3, -0.25) is 19.7 Å². The van der Waals surface area contributed by atoms with Crippen LogP contribution in [0, 0.1) is 0 Å². The van der Waals surface area contributed by atoms with Gasteiger partial charge in [-0.1, -0.05) is 6.07 Å². The Morgan fingerprint density at radius 2 is 1.89 bits per heavy atom. The fourth-order valence-electron chi connectivity index (χ4n) is 3.05. The Hall–Kier alpha value is -1.55. The quantitative estimate of drug-likeness (QED) is 0.305. The van der Waals surface area contributed by atoms with Crippen molar-refractivity contribution < 1.29 is 56.9 Å². The van der Waals surface area contributed by atoms with Gasteiger partial charge in [0, 0.05) is 39.1 Å². The summed E-state index contributed by atoms with van der Waals surface area (Å²) in [6.07, 6.45) is 4.55. The molecule has 1 saturated carbocycles. The zero-order valence-electron chi connectivity index (χ0n) is 14.9. The van der Waals surface area contributed by atoms with Crippen molar-refractivity contribution in [2.75, 3.05) is 0 Å². The Morgan fingerprint density at radius 3 is 2.52 bits per heavy atom. The normalized spacial score (nSPS) is 19.3. The molecular formula is C17H23N4O5Y-. The van der Waals surface area contributed by atoms with Gasteiger partial charge < -0.3 is 26.8 Å². The van der Waals surface area contributed by atoms with E-state index in [1.807, 2.05) is 0 Å². The number of piperidine rings is 1. The number of rotatable bonds is 4. The summed E-state index contributed by atoms with van der Waals surface area (Å²) < 4.78 is 5.77. The number of nitrogens with one attached hydrogen (secondary N) is 3. The average Bonchev–Trinajstić information content (AvgIpc) is 3.14. The van der Waals surface area contributed by atoms with Crippen LogP contribution >= 0.6 is 0 Å². The minimum absolute atomic E-state index is 0. The molecule has 1 radical (unpaired) electrons. The molecule has 1 unspecified atom stereocenters. The number of hydrogen-bond acceptors (Lipinski definition) is 6. The summed E-state index contributed by atoms with van der Waals surface area (Å²) in [5.41, 5.74) is 0.0511. The van der Waals surface area contributed by atoms with Gasteiger partial charge in [-0.05, 0) is 44.2 Å². The van der Waals surface area contributed by atoms with E-state index in [0.717, 1.165) is 25.7 Å². The Morgan fingerprint density at radius 1 is 1.22 bits per heavy atom. The summed E-state index contributed by atoms with van der Waals surface area (Å²) in [5, 5.41) is 15.0. The molecule has 1 aromatic carbocycles. The van der Waals surface area contributed by atoms with E-state index >= 15 is 0 Å². The van der Waals surface area contributed by atoms with E-state index in [0.29, 0.717) is 0 Å². The largest absolute Gasteiger partial charge is 0.615 e. The molecule has 9 nitrogen and oxygen atoms in total. The molecule has 3 amide bonds. The first-order valence-electron chi connectivity index (χ1n) is 8.46. The van der Waals surface area contributed by atoms with E-state index in [-0.39, 0.29) is 74.6 Å². The summed E-state index contributed by atoms with van der Waals surface area (Å²) in [7, 11) is 0. The number of amides is 3. The molecule has 10 heteroatoms. The van der Waals surface area contributed by atoms with Crippen LogP contribution in [-0.4, -0.2) is 35.0 Å². The summed E-state index contributed by atoms with van der Waals surface area (Å²) in [4.78, 5) is 35.2. The number of phenolic OH excluding ortho intramolecular Hbond substituents is 1. The van der Waals surface area contributed by atoms with E-state index in [4.69, 9.17) is 10.6 Å². The van der Waals surface area contributed by atoms with Gasteiger partial charge in [-0.15, -0.1) is 0 Å². The predicted molar refractivity (Wildman–Crippen MR) is 93.1 cm³/mol. The van der Waals surface area contributed by atoms with Crippen LogP contribution in [0.25, 0.3) is 5.84 Å². The van der Waals surface area contributed by atoms with Gasteiger partial charge in [0.2, 0.25) is 11.8 Å². The molecule has 2 fully saturated rings. The third-order valence-corrected chi connectivity index (χ3v) is 4.38. The average molecular weight is 452 g/mol. The summed E-state index contributed by atoms with van der Waals surface area (Å²) in [5.74, 6) is 7.60. The predicted octanol–water partition coefficient (Wildman–Crippen LogP) is 1.16. The molecule has 1 aliphatic carbocycles. The summed E-state index contributed by atoms with van der Waals surface area (Å²) >= 11 is 0. The molecule has 0 aromatic heterocycles. The Kier molecular flexibility index (Phi) is 9.86. The van der Waals surface area contributed by atoms with Gasteiger partial charge in [0.15, 0.2) is 11.5 Å². The van der Waals surface area contributed by atoms with E-state index in [1.54, 1.807) is 12.1 Å². The molecule has 27 heavy (non-hydrogen) atoms. The van der Waals surface area contributed by atoms with Crippen LogP contribution in [0.4, 0.5) is 0 Å². The molecule has 1 atom stereocenters. The first-order valence-corrected chi connectivity index (χ1v) is 8.46. The molecule has 0 bridgehead atoms. The van der Waals surface area contributed by atoms with Gasteiger partial charge in [-0.25, -0.2) is 0 Å². The molecule has 2 aliphatic rings. The Labute approximate surface area is 182 Å². The molecule has 1 aliphatic heterocycles. The van der Waals surface area contributed by atoms with Crippen LogP contribution in [0.15, 0.2) is 18.2 Å². The second-order valence-corrected chi connectivity index (χ2v) is 6.15. The first-order chi connectivity index (χ1) is 12.5. The van der Waals surface area contributed by atoms with Crippen molar-refractivity contribution in [1.82, 2.24) is 10.6 Å². The van der Waals surface area contributed by atoms with Crippen molar-refractivity contribution in [3.8, 4) is 11.5 Å².